The lowest BCUT2D eigenvalue weighted by Gasteiger charge is -2.35. The monoisotopic (exact) mass is 379 g/mol. The lowest BCUT2D eigenvalue weighted by atomic mass is 10.1. The first kappa shape index (κ1) is 18.1. The fourth-order valence-corrected chi connectivity index (χ4v) is 3.22. The first-order valence-corrected chi connectivity index (χ1v) is 9.37. The summed E-state index contributed by atoms with van der Waals surface area (Å²) in [5.74, 6) is 2.06. The van der Waals surface area contributed by atoms with Crippen LogP contribution in [0.15, 0.2) is 54.9 Å². The van der Waals surface area contributed by atoms with E-state index in [4.69, 9.17) is 0 Å². The molecule has 1 aliphatic rings. The summed E-state index contributed by atoms with van der Waals surface area (Å²) in [5.41, 5.74) is 0.683. The molecule has 8 heteroatoms. The van der Waals surface area contributed by atoms with E-state index in [2.05, 4.69) is 35.3 Å². The van der Waals surface area contributed by atoms with E-state index in [0.29, 0.717) is 30.3 Å². The largest absolute Gasteiger partial charge is 0.368 e. The van der Waals surface area contributed by atoms with Gasteiger partial charge in [0.1, 0.15) is 11.6 Å². The van der Waals surface area contributed by atoms with Gasteiger partial charge in [-0.3, -0.25) is 0 Å². The van der Waals surface area contributed by atoms with Crippen LogP contribution in [0.3, 0.4) is 0 Å². The van der Waals surface area contributed by atoms with Crippen LogP contribution in [0.4, 0.5) is 22.0 Å². The molecule has 1 aliphatic heterocycles. The summed E-state index contributed by atoms with van der Waals surface area (Å²) in [6.45, 7) is 3.89. The third kappa shape index (κ3) is 4.33. The molecule has 1 fully saturated rings. The molecule has 7 nitrogen and oxygen atoms in total. The Labute approximate surface area is 163 Å². The molecule has 0 atom stereocenters. The van der Waals surface area contributed by atoms with Crippen molar-refractivity contribution in [3.63, 3.8) is 0 Å². The van der Waals surface area contributed by atoms with Crippen LogP contribution in [0, 0.1) is 5.82 Å². The second-order valence-electron chi connectivity index (χ2n) is 6.57. The van der Waals surface area contributed by atoms with Gasteiger partial charge in [-0.1, -0.05) is 24.3 Å². The number of pyridine rings is 1. The van der Waals surface area contributed by atoms with Crippen molar-refractivity contribution in [2.75, 3.05) is 47.8 Å². The van der Waals surface area contributed by atoms with Crippen molar-refractivity contribution in [2.24, 2.45) is 0 Å². The maximum Gasteiger partial charge on any atom is 0.247 e. The van der Waals surface area contributed by atoms with Gasteiger partial charge in [0.25, 0.3) is 0 Å². The maximum atomic E-state index is 13.7. The molecule has 1 saturated heterocycles. The highest BCUT2D eigenvalue weighted by Crippen LogP contribution is 2.16. The van der Waals surface area contributed by atoms with Gasteiger partial charge in [-0.25, -0.2) is 9.37 Å². The summed E-state index contributed by atoms with van der Waals surface area (Å²) in [6.07, 6.45) is 3.98. The molecule has 28 heavy (non-hydrogen) atoms. The third-order valence-corrected chi connectivity index (χ3v) is 4.74. The number of halogens is 1. The standard InChI is InChI=1S/C20H22FN7/c21-17-6-2-1-5-16(17)8-10-22-18-15-24-26-20(25-18)28-13-11-27(12-14-28)19-7-3-4-9-23-19/h1-7,9,15H,8,10-14H2,(H,22,25,26). The fourth-order valence-electron chi connectivity index (χ4n) is 3.22. The summed E-state index contributed by atoms with van der Waals surface area (Å²) < 4.78 is 13.7. The molecular weight excluding hydrogens is 357 g/mol. The number of anilines is 3. The topological polar surface area (TPSA) is 70.1 Å². The highest BCUT2D eigenvalue weighted by molar-refractivity contribution is 5.43. The molecule has 1 aromatic carbocycles. The molecule has 0 amide bonds. The van der Waals surface area contributed by atoms with Gasteiger partial charge < -0.3 is 15.1 Å². The molecule has 3 heterocycles. The van der Waals surface area contributed by atoms with Crippen molar-refractivity contribution in [2.45, 2.75) is 6.42 Å². The molecule has 0 saturated carbocycles. The van der Waals surface area contributed by atoms with Crippen molar-refractivity contribution in [3.05, 3.63) is 66.2 Å². The molecule has 4 rings (SSSR count). The summed E-state index contributed by atoms with van der Waals surface area (Å²) in [7, 11) is 0. The first-order valence-electron chi connectivity index (χ1n) is 9.37. The number of aromatic nitrogens is 4. The highest BCUT2D eigenvalue weighted by atomic mass is 19.1. The lowest BCUT2D eigenvalue weighted by Crippen LogP contribution is -2.47. The molecule has 144 valence electrons. The van der Waals surface area contributed by atoms with Crippen molar-refractivity contribution in [1.82, 2.24) is 20.2 Å². The number of piperazine rings is 1. The Morgan fingerprint density at radius 1 is 0.964 bits per heavy atom. The van der Waals surface area contributed by atoms with E-state index in [9.17, 15) is 4.39 Å². The van der Waals surface area contributed by atoms with E-state index in [0.717, 1.165) is 32.0 Å². The van der Waals surface area contributed by atoms with Gasteiger partial charge in [0, 0.05) is 38.9 Å². The quantitative estimate of drug-likeness (QED) is 0.705. The van der Waals surface area contributed by atoms with E-state index in [-0.39, 0.29) is 5.82 Å². The zero-order valence-electron chi connectivity index (χ0n) is 15.5. The maximum absolute atomic E-state index is 13.7. The van der Waals surface area contributed by atoms with E-state index >= 15 is 0 Å². The average Bonchev–Trinajstić information content (AvgIpc) is 2.76. The Morgan fingerprint density at radius 3 is 2.54 bits per heavy atom. The number of hydrogen-bond acceptors (Lipinski definition) is 7. The van der Waals surface area contributed by atoms with Gasteiger partial charge in [0.2, 0.25) is 5.95 Å². The van der Waals surface area contributed by atoms with Crippen molar-refractivity contribution < 1.29 is 4.39 Å². The van der Waals surface area contributed by atoms with Crippen LogP contribution in [-0.4, -0.2) is 52.9 Å². The molecule has 0 spiro atoms. The van der Waals surface area contributed by atoms with Gasteiger partial charge in [-0.05, 0) is 30.2 Å². The van der Waals surface area contributed by atoms with Crippen LogP contribution in [0.2, 0.25) is 0 Å². The number of nitrogens with zero attached hydrogens (tertiary/aromatic N) is 6. The molecule has 0 unspecified atom stereocenters. The SMILES string of the molecule is Fc1ccccc1CCNc1cnnc(N2CCN(c3ccccn3)CC2)n1. The summed E-state index contributed by atoms with van der Waals surface area (Å²) >= 11 is 0. The van der Waals surface area contributed by atoms with Crippen LogP contribution in [-0.2, 0) is 6.42 Å². The number of nitrogens with one attached hydrogen (secondary N) is 1. The van der Waals surface area contributed by atoms with Crippen molar-refractivity contribution in [3.8, 4) is 0 Å². The summed E-state index contributed by atoms with van der Waals surface area (Å²) in [5, 5.41) is 11.4. The molecule has 0 radical (unpaired) electrons. The van der Waals surface area contributed by atoms with Crippen LogP contribution in [0.1, 0.15) is 5.56 Å². The predicted molar refractivity (Wildman–Crippen MR) is 107 cm³/mol. The minimum absolute atomic E-state index is 0.184. The van der Waals surface area contributed by atoms with Crippen LogP contribution < -0.4 is 15.1 Å². The van der Waals surface area contributed by atoms with Gasteiger partial charge in [-0.15, -0.1) is 5.10 Å². The van der Waals surface area contributed by atoms with Crippen molar-refractivity contribution >= 4 is 17.6 Å². The zero-order chi connectivity index (χ0) is 19.2. The van der Waals surface area contributed by atoms with Gasteiger partial charge in [0.05, 0.1) is 6.20 Å². The fraction of sp³-hybridized carbons (Fsp3) is 0.300. The summed E-state index contributed by atoms with van der Waals surface area (Å²) in [4.78, 5) is 13.3. The zero-order valence-corrected chi connectivity index (χ0v) is 15.5. The smallest absolute Gasteiger partial charge is 0.247 e. The Morgan fingerprint density at radius 2 is 1.75 bits per heavy atom. The number of rotatable bonds is 6. The highest BCUT2D eigenvalue weighted by Gasteiger charge is 2.20. The molecule has 1 N–H and O–H groups in total. The number of hydrogen-bond donors (Lipinski definition) is 1. The minimum Gasteiger partial charge on any atom is -0.368 e. The number of benzene rings is 1. The van der Waals surface area contributed by atoms with Crippen LogP contribution in [0.25, 0.3) is 0 Å². The average molecular weight is 379 g/mol. The van der Waals surface area contributed by atoms with Gasteiger partial charge >= 0.3 is 0 Å². The van der Waals surface area contributed by atoms with Crippen molar-refractivity contribution in [1.29, 1.82) is 0 Å². The minimum atomic E-state index is -0.184. The third-order valence-electron chi connectivity index (χ3n) is 4.74. The Balaban J connectivity index is 1.32. The molecule has 0 bridgehead atoms. The second-order valence-corrected chi connectivity index (χ2v) is 6.57. The normalized spacial score (nSPS) is 14.2. The Bertz CT molecular complexity index is 898. The first-order chi connectivity index (χ1) is 13.8. The summed E-state index contributed by atoms with van der Waals surface area (Å²) in [6, 6.07) is 12.7. The molecule has 0 aliphatic carbocycles. The van der Waals surface area contributed by atoms with Crippen LogP contribution >= 0.6 is 0 Å². The van der Waals surface area contributed by atoms with Gasteiger partial charge in [-0.2, -0.15) is 10.1 Å². The van der Waals surface area contributed by atoms with Crippen LogP contribution in [0.5, 0.6) is 0 Å². The van der Waals surface area contributed by atoms with E-state index in [1.807, 2.05) is 30.5 Å². The van der Waals surface area contributed by atoms with E-state index in [1.165, 1.54) is 6.07 Å². The lowest BCUT2D eigenvalue weighted by molar-refractivity contribution is 0.610. The molecule has 3 aromatic rings. The van der Waals surface area contributed by atoms with Gasteiger partial charge in [0.15, 0.2) is 5.82 Å². The molecule has 2 aromatic heterocycles. The Kier molecular flexibility index (Phi) is 5.56. The second kappa shape index (κ2) is 8.60. The predicted octanol–water partition coefficient (Wildman–Crippen LogP) is 2.39. The van der Waals surface area contributed by atoms with E-state index < -0.39 is 0 Å². The Hall–Kier alpha value is -3.29. The molecular formula is C20H22FN7. The van der Waals surface area contributed by atoms with E-state index in [1.54, 1.807) is 18.3 Å².